The van der Waals surface area contributed by atoms with E-state index >= 15 is 0 Å². The Bertz CT molecular complexity index is 186. The lowest BCUT2D eigenvalue weighted by molar-refractivity contribution is 0.681. The second-order valence-electron chi connectivity index (χ2n) is 2.52. The summed E-state index contributed by atoms with van der Waals surface area (Å²) in [5, 5.41) is 7.64. The molecule has 0 fully saturated rings. The monoisotopic (exact) mass is 151 g/mol. The molecule has 0 saturated heterocycles. The average molecular weight is 151 g/mol. The summed E-state index contributed by atoms with van der Waals surface area (Å²) in [6, 6.07) is 0. The molecule has 1 aromatic heterocycles. The summed E-state index contributed by atoms with van der Waals surface area (Å²) in [4.78, 5) is 4.08. The predicted octanol–water partition coefficient (Wildman–Crippen LogP) is 1.60. The summed E-state index contributed by atoms with van der Waals surface area (Å²) in [6.45, 7) is 2.18. The van der Waals surface area contributed by atoms with Gasteiger partial charge in [0.2, 0.25) is 0 Å². The van der Waals surface area contributed by atoms with Crippen molar-refractivity contribution in [1.82, 2.24) is 15.2 Å². The van der Waals surface area contributed by atoms with Crippen LogP contribution in [0.25, 0.3) is 0 Å². The van der Waals surface area contributed by atoms with Gasteiger partial charge in [-0.15, -0.1) is 5.10 Å². The zero-order valence-corrected chi connectivity index (χ0v) is 6.82. The first-order valence-corrected chi connectivity index (χ1v) is 4.06. The Kier molecular flexibility index (Phi) is 3.52. The van der Waals surface area contributed by atoms with Gasteiger partial charge < -0.3 is 0 Å². The highest BCUT2D eigenvalue weighted by atomic mass is 15.1. The molecule has 0 amide bonds. The second kappa shape index (κ2) is 4.77. The number of hydrogen-bond donors (Lipinski definition) is 0. The van der Waals surface area contributed by atoms with Gasteiger partial charge in [-0.25, -0.2) is 4.98 Å². The molecule has 0 aromatic carbocycles. The van der Waals surface area contributed by atoms with E-state index in [2.05, 4.69) is 22.1 Å². The molecule has 0 unspecified atom stereocenters. The van der Waals surface area contributed by atoms with Gasteiger partial charge >= 0.3 is 0 Å². The van der Waals surface area contributed by atoms with Crippen molar-refractivity contribution < 1.29 is 0 Å². The summed E-state index contributed by atoms with van der Waals surface area (Å²) in [6.07, 6.45) is 7.90. The van der Waals surface area contributed by atoms with Gasteiger partial charge in [-0.2, -0.15) is 5.10 Å². The molecule has 3 nitrogen and oxygen atoms in total. The maximum absolute atomic E-state index is 4.08. The Labute approximate surface area is 66.9 Å². The van der Waals surface area contributed by atoms with Crippen molar-refractivity contribution in [2.75, 3.05) is 0 Å². The van der Waals surface area contributed by atoms with Crippen LogP contribution >= 0.6 is 0 Å². The van der Waals surface area contributed by atoms with Crippen molar-refractivity contribution in [3.8, 4) is 0 Å². The lowest BCUT2D eigenvalue weighted by Gasteiger charge is -1.95. The van der Waals surface area contributed by atoms with Crippen molar-refractivity contribution in [1.29, 1.82) is 0 Å². The lowest BCUT2D eigenvalue weighted by atomic mass is 10.2. The largest absolute Gasteiger partial charge is 0.238 e. The highest BCUT2D eigenvalue weighted by Gasteiger charge is 1.93. The van der Waals surface area contributed by atoms with E-state index in [1.54, 1.807) is 12.4 Å². The molecule has 0 aliphatic rings. The predicted molar refractivity (Wildman–Crippen MR) is 43.1 cm³/mol. The zero-order valence-electron chi connectivity index (χ0n) is 6.82. The molecule has 0 atom stereocenters. The fourth-order valence-corrected chi connectivity index (χ4v) is 0.923. The van der Waals surface area contributed by atoms with Crippen LogP contribution in [-0.2, 0) is 6.42 Å². The molecule has 1 rings (SSSR count). The lowest BCUT2D eigenvalue weighted by Crippen LogP contribution is -1.95. The van der Waals surface area contributed by atoms with E-state index in [-0.39, 0.29) is 0 Å². The third kappa shape index (κ3) is 3.07. The Morgan fingerprint density at radius 1 is 1.27 bits per heavy atom. The third-order valence-corrected chi connectivity index (χ3v) is 1.53. The third-order valence-electron chi connectivity index (χ3n) is 1.53. The molecule has 1 aromatic rings. The number of aromatic nitrogens is 3. The highest BCUT2D eigenvalue weighted by Crippen LogP contribution is 1.99. The molecule has 1 heterocycles. The maximum atomic E-state index is 4.08. The van der Waals surface area contributed by atoms with Crippen molar-refractivity contribution >= 4 is 0 Å². The number of aryl methyl sites for hydroxylation is 1. The van der Waals surface area contributed by atoms with Gasteiger partial charge in [-0.1, -0.05) is 19.8 Å². The number of nitrogens with zero attached hydrogens (tertiary/aromatic N) is 3. The summed E-state index contributed by atoms with van der Waals surface area (Å²) >= 11 is 0. The zero-order chi connectivity index (χ0) is 7.94. The molecule has 3 heteroatoms. The van der Waals surface area contributed by atoms with E-state index in [4.69, 9.17) is 0 Å². The molecular weight excluding hydrogens is 138 g/mol. The summed E-state index contributed by atoms with van der Waals surface area (Å²) in [7, 11) is 0. The van der Waals surface area contributed by atoms with Crippen molar-refractivity contribution in [2.45, 2.75) is 32.6 Å². The van der Waals surface area contributed by atoms with Gasteiger partial charge in [0.15, 0.2) is 5.82 Å². The molecule has 60 valence electrons. The van der Waals surface area contributed by atoms with Crippen LogP contribution in [0.3, 0.4) is 0 Å². The van der Waals surface area contributed by atoms with Gasteiger partial charge in [0.05, 0.1) is 6.20 Å². The fourth-order valence-electron chi connectivity index (χ4n) is 0.923. The van der Waals surface area contributed by atoms with Gasteiger partial charge in [-0.05, 0) is 6.42 Å². The van der Waals surface area contributed by atoms with Gasteiger partial charge in [0, 0.05) is 12.6 Å². The Morgan fingerprint density at radius 2 is 2.18 bits per heavy atom. The smallest absolute Gasteiger partial charge is 0.150 e. The van der Waals surface area contributed by atoms with E-state index in [0.717, 1.165) is 12.2 Å². The van der Waals surface area contributed by atoms with E-state index in [1.807, 2.05) is 0 Å². The highest BCUT2D eigenvalue weighted by molar-refractivity contribution is 4.80. The minimum absolute atomic E-state index is 0.862. The van der Waals surface area contributed by atoms with E-state index in [9.17, 15) is 0 Å². The normalized spacial score (nSPS) is 9.91. The minimum atomic E-state index is 0.862. The first kappa shape index (κ1) is 8.11. The number of unbranched alkanes of at least 4 members (excludes halogenated alkanes) is 2. The molecule has 0 radical (unpaired) electrons. The Balaban J connectivity index is 2.28. The van der Waals surface area contributed by atoms with Crippen LogP contribution in [0.5, 0.6) is 0 Å². The van der Waals surface area contributed by atoms with Gasteiger partial charge in [0.25, 0.3) is 0 Å². The summed E-state index contributed by atoms with van der Waals surface area (Å²) < 4.78 is 0. The second-order valence-corrected chi connectivity index (χ2v) is 2.52. The quantitative estimate of drug-likeness (QED) is 0.613. The molecule has 0 spiro atoms. The van der Waals surface area contributed by atoms with Crippen LogP contribution < -0.4 is 0 Å². The van der Waals surface area contributed by atoms with Crippen molar-refractivity contribution in [3.63, 3.8) is 0 Å². The Morgan fingerprint density at radius 3 is 2.82 bits per heavy atom. The molecule has 0 N–H and O–H groups in total. The van der Waals surface area contributed by atoms with Crippen LogP contribution in [-0.4, -0.2) is 15.2 Å². The summed E-state index contributed by atoms with van der Waals surface area (Å²) in [5.41, 5.74) is 0. The summed E-state index contributed by atoms with van der Waals surface area (Å²) in [5.74, 6) is 0.862. The topological polar surface area (TPSA) is 38.7 Å². The van der Waals surface area contributed by atoms with E-state index < -0.39 is 0 Å². The Hall–Kier alpha value is -0.990. The fraction of sp³-hybridized carbons (Fsp3) is 0.625. The molecule has 0 aliphatic carbocycles. The number of hydrogen-bond acceptors (Lipinski definition) is 3. The van der Waals surface area contributed by atoms with Crippen LogP contribution in [0.1, 0.15) is 32.0 Å². The molecular formula is C8H13N3. The first-order valence-electron chi connectivity index (χ1n) is 4.06. The SMILES string of the molecule is CCCCCc1nccnn1. The molecule has 0 aliphatic heterocycles. The number of rotatable bonds is 4. The van der Waals surface area contributed by atoms with Crippen molar-refractivity contribution in [3.05, 3.63) is 18.2 Å². The minimum Gasteiger partial charge on any atom is -0.238 e. The van der Waals surface area contributed by atoms with Gasteiger partial charge in [-0.3, -0.25) is 0 Å². The van der Waals surface area contributed by atoms with Crippen LogP contribution in [0.15, 0.2) is 12.4 Å². The van der Waals surface area contributed by atoms with E-state index in [0.29, 0.717) is 0 Å². The van der Waals surface area contributed by atoms with Crippen molar-refractivity contribution in [2.24, 2.45) is 0 Å². The van der Waals surface area contributed by atoms with Crippen LogP contribution in [0.4, 0.5) is 0 Å². The standard InChI is InChI=1S/C8H13N3/c1-2-3-4-5-8-9-6-7-10-11-8/h6-7H,2-5H2,1H3. The van der Waals surface area contributed by atoms with Crippen LogP contribution in [0.2, 0.25) is 0 Å². The molecule has 0 saturated carbocycles. The average Bonchev–Trinajstić information content (AvgIpc) is 2.07. The van der Waals surface area contributed by atoms with E-state index in [1.165, 1.54) is 19.3 Å². The molecule has 0 bridgehead atoms. The van der Waals surface area contributed by atoms with Gasteiger partial charge in [0.1, 0.15) is 0 Å². The van der Waals surface area contributed by atoms with Crippen LogP contribution in [0, 0.1) is 0 Å². The first-order chi connectivity index (χ1) is 5.43. The maximum Gasteiger partial charge on any atom is 0.150 e. The molecule has 11 heavy (non-hydrogen) atoms.